The molecule has 1 rings (SSSR count). The van der Waals surface area contributed by atoms with Gasteiger partial charge in [0.15, 0.2) is 0 Å². The molecular weight excluding hydrogens is 274 g/mol. The molecule has 112 valence electrons. The van der Waals surface area contributed by atoms with Crippen LogP contribution in [0.3, 0.4) is 0 Å². The number of unbranched alkanes of at least 4 members (excludes halogenated alkanes) is 4. The van der Waals surface area contributed by atoms with E-state index in [1.54, 1.807) is 0 Å². The summed E-state index contributed by atoms with van der Waals surface area (Å²) in [6, 6.07) is 1.93. The average Bonchev–Trinajstić information content (AvgIpc) is 2.72. The number of carbonyl (C=O) groups excluding carboxylic acids is 1. The van der Waals surface area contributed by atoms with Gasteiger partial charge in [0.25, 0.3) is 5.91 Å². The normalized spacial score (nSPS) is 10.5. The topological polar surface area (TPSA) is 66.4 Å². The molecule has 20 heavy (non-hydrogen) atoms. The van der Waals surface area contributed by atoms with E-state index in [0.29, 0.717) is 6.54 Å². The standard InChI is InChI=1S/C15H23NO3S/c1-11-10-13(20-12(11)2)15(19)16-9-7-5-3-4-6-8-14(17)18/h10H,3-9H2,1-2H3,(H,16,19)(H,17,18). The second kappa shape index (κ2) is 8.74. The lowest BCUT2D eigenvalue weighted by Gasteiger charge is -2.03. The summed E-state index contributed by atoms with van der Waals surface area (Å²) in [5, 5.41) is 11.4. The number of aryl methyl sites for hydroxylation is 2. The van der Waals surface area contributed by atoms with Crippen LogP contribution in [-0.2, 0) is 4.79 Å². The van der Waals surface area contributed by atoms with Crippen molar-refractivity contribution in [3.63, 3.8) is 0 Å². The molecule has 0 atom stereocenters. The molecule has 1 aromatic rings. The monoisotopic (exact) mass is 297 g/mol. The molecule has 4 nitrogen and oxygen atoms in total. The average molecular weight is 297 g/mol. The molecule has 0 saturated carbocycles. The third kappa shape index (κ3) is 6.19. The first kappa shape index (κ1) is 16.7. The van der Waals surface area contributed by atoms with Gasteiger partial charge in [-0.25, -0.2) is 0 Å². The number of hydrogen-bond acceptors (Lipinski definition) is 3. The van der Waals surface area contributed by atoms with Gasteiger partial charge in [0, 0.05) is 17.8 Å². The van der Waals surface area contributed by atoms with Crippen molar-refractivity contribution >= 4 is 23.2 Å². The Balaban J connectivity index is 2.06. The molecule has 0 unspecified atom stereocenters. The van der Waals surface area contributed by atoms with Crippen molar-refractivity contribution < 1.29 is 14.7 Å². The molecule has 5 heteroatoms. The maximum atomic E-state index is 11.9. The lowest BCUT2D eigenvalue weighted by Crippen LogP contribution is -2.23. The zero-order valence-electron chi connectivity index (χ0n) is 12.2. The van der Waals surface area contributed by atoms with Crippen LogP contribution in [0.1, 0.15) is 58.6 Å². The molecule has 0 aromatic carbocycles. The molecule has 1 aromatic heterocycles. The first-order valence-corrected chi connectivity index (χ1v) is 7.89. The Bertz CT molecular complexity index is 434. The molecule has 1 heterocycles. The molecule has 0 aliphatic carbocycles. The van der Waals surface area contributed by atoms with Crippen LogP contribution in [0.25, 0.3) is 0 Å². The van der Waals surface area contributed by atoms with E-state index < -0.39 is 5.97 Å². The van der Waals surface area contributed by atoms with Crippen LogP contribution in [0.15, 0.2) is 6.07 Å². The number of nitrogens with one attached hydrogen (secondary N) is 1. The Morgan fingerprint density at radius 1 is 1.15 bits per heavy atom. The van der Waals surface area contributed by atoms with E-state index in [9.17, 15) is 9.59 Å². The summed E-state index contributed by atoms with van der Waals surface area (Å²) in [7, 11) is 0. The molecule has 0 aliphatic rings. The number of carbonyl (C=O) groups is 2. The van der Waals surface area contributed by atoms with Gasteiger partial charge in [-0.3, -0.25) is 9.59 Å². The van der Waals surface area contributed by atoms with Gasteiger partial charge in [0.1, 0.15) is 0 Å². The maximum Gasteiger partial charge on any atom is 0.303 e. The summed E-state index contributed by atoms with van der Waals surface area (Å²) in [6.07, 6.45) is 4.96. The van der Waals surface area contributed by atoms with Gasteiger partial charge >= 0.3 is 5.97 Å². The van der Waals surface area contributed by atoms with Crippen LogP contribution in [0.2, 0.25) is 0 Å². The number of aliphatic carboxylic acids is 1. The fourth-order valence-corrected chi connectivity index (χ4v) is 2.86. The largest absolute Gasteiger partial charge is 0.481 e. The van der Waals surface area contributed by atoms with Crippen molar-refractivity contribution in [2.45, 2.75) is 52.4 Å². The number of thiophene rings is 1. The molecule has 2 N–H and O–H groups in total. The van der Waals surface area contributed by atoms with E-state index in [1.807, 2.05) is 19.9 Å². The van der Waals surface area contributed by atoms with Crippen molar-refractivity contribution in [3.05, 3.63) is 21.4 Å². The number of carboxylic acids is 1. The van der Waals surface area contributed by atoms with Gasteiger partial charge in [-0.05, 0) is 38.3 Å². The Labute approximate surface area is 124 Å². The molecule has 0 radical (unpaired) electrons. The predicted molar refractivity (Wildman–Crippen MR) is 81.5 cm³/mol. The molecule has 0 fully saturated rings. The fourth-order valence-electron chi connectivity index (χ4n) is 1.91. The summed E-state index contributed by atoms with van der Waals surface area (Å²) in [5.74, 6) is -0.712. The van der Waals surface area contributed by atoms with E-state index in [2.05, 4.69) is 5.32 Å². The second-order valence-corrected chi connectivity index (χ2v) is 6.27. The van der Waals surface area contributed by atoms with E-state index in [4.69, 9.17) is 5.11 Å². The molecule has 1 amide bonds. The van der Waals surface area contributed by atoms with Crippen molar-refractivity contribution in [2.75, 3.05) is 6.54 Å². The minimum atomic E-state index is -0.723. The van der Waals surface area contributed by atoms with E-state index in [1.165, 1.54) is 21.8 Å². The van der Waals surface area contributed by atoms with Crippen LogP contribution in [0.4, 0.5) is 0 Å². The van der Waals surface area contributed by atoms with Crippen molar-refractivity contribution in [3.8, 4) is 0 Å². The van der Waals surface area contributed by atoms with Gasteiger partial charge in [0.05, 0.1) is 4.88 Å². The summed E-state index contributed by atoms with van der Waals surface area (Å²) < 4.78 is 0. The molecule has 0 spiro atoms. The van der Waals surface area contributed by atoms with Gasteiger partial charge in [0.2, 0.25) is 0 Å². The van der Waals surface area contributed by atoms with Crippen LogP contribution in [-0.4, -0.2) is 23.5 Å². The fraction of sp³-hybridized carbons (Fsp3) is 0.600. The highest BCUT2D eigenvalue weighted by Gasteiger charge is 2.09. The number of rotatable bonds is 9. The molecule has 0 bridgehead atoms. The SMILES string of the molecule is Cc1cc(C(=O)NCCCCCCCC(=O)O)sc1C. The first-order chi connectivity index (χ1) is 9.50. The van der Waals surface area contributed by atoms with Crippen LogP contribution in [0, 0.1) is 13.8 Å². The van der Waals surface area contributed by atoms with Crippen molar-refractivity contribution in [2.24, 2.45) is 0 Å². The molecule has 0 saturated heterocycles. The highest BCUT2D eigenvalue weighted by atomic mass is 32.1. The maximum absolute atomic E-state index is 11.9. The lowest BCUT2D eigenvalue weighted by atomic mass is 10.1. The molecular formula is C15H23NO3S. The highest BCUT2D eigenvalue weighted by Crippen LogP contribution is 2.20. The summed E-state index contributed by atoms with van der Waals surface area (Å²) >= 11 is 1.53. The van der Waals surface area contributed by atoms with Gasteiger partial charge in [-0.2, -0.15) is 0 Å². The Morgan fingerprint density at radius 3 is 2.40 bits per heavy atom. The minimum absolute atomic E-state index is 0.0112. The van der Waals surface area contributed by atoms with E-state index >= 15 is 0 Å². The van der Waals surface area contributed by atoms with Crippen LogP contribution in [0.5, 0.6) is 0 Å². The number of hydrogen-bond donors (Lipinski definition) is 2. The van der Waals surface area contributed by atoms with Crippen molar-refractivity contribution in [1.29, 1.82) is 0 Å². The Hall–Kier alpha value is -1.36. The van der Waals surface area contributed by atoms with E-state index in [-0.39, 0.29) is 12.3 Å². The van der Waals surface area contributed by atoms with Gasteiger partial charge in [-0.15, -0.1) is 11.3 Å². The second-order valence-electron chi connectivity index (χ2n) is 5.02. The highest BCUT2D eigenvalue weighted by molar-refractivity contribution is 7.14. The minimum Gasteiger partial charge on any atom is -0.481 e. The zero-order chi connectivity index (χ0) is 15.0. The predicted octanol–water partition coefficient (Wildman–Crippen LogP) is 3.52. The zero-order valence-corrected chi connectivity index (χ0v) is 13.0. The summed E-state index contributed by atoms with van der Waals surface area (Å²) in [6.45, 7) is 4.72. The lowest BCUT2D eigenvalue weighted by molar-refractivity contribution is -0.137. The van der Waals surface area contributed by atoms with Gasteiger partial charge < -0.3 is 10.4 Å². The third-order valence-electron chi connectivity index (χ3n) is 3.24. The van der Waals surface area contributed by atoms with Crippen LogP contribution >= 0.6 is 11.3 Å². The first-order valence-electron chi connectivity index (χ1n) is 7.07. The quantitative estimate of drug-likeness (QED) is 0.685. The van der Waals surface area contributed by atoms with Crippen LogP contribution < -0.4 is 5.32 Å². The number of carboxylic acid groups (broad SMARTS) is 1. The summed E-state index contributed by atoms with van der Waals surface area (Å²) in [5.41, 5.74) is 1.17. The van der Waals surface area contributed by atoms with E-state index in [0.717, 1.165) is 37.0 Å². The Morgan fingerprint density at radius 2 is 1.80 bits per heavy atom. The van der Waals surface area contributed by atoms with Gasteiger partial charge in [-0.1, -0.05) is 19.3 Å². The molecule has 0 aliphatic heterocycles. The summed E-state index contributed by atoms with van der Waals surface area (Å²) in [4.78, 5) is 24.1. The number of amides is 1. The Kier molecular flexibility index (Phi) is 7.30. The smallest absolute Gasteiger partial charge is 0.303 e. The van der Waals surface area contributed by atoms with Crippen molar-refractivity contribution in [1.82, 2.24) is 5.32 Å². The third-order valence-corrected chi connectivity index (χ3v) is 4.39.